The monoisotopic (exact) mass is 159 g/mol. The topological polar surface area (TPSA) is 50.1 Å². The maximum Gasteiger partial charge on any atom is 0.348 e. The van der Waals surface area contributed by atoms with E-state index in [1.165, 1.54) is 0 Å². The molecule has 0 unspecified atom stereocenters. The second kappa shape index (κ2) is 7.00. The van der Waals surface area contributed by atoms with E-state index in [1.807, 2.05) is 6.07 Å². The molecule has 0 bridgehead atoms. The number of nitriles is 1. The summed E-state index contributed by atoms with van der Waals surface area (Å²) in [6, 6.07) is 1.98. The maximum absolute atomic E-state index is 11.1. The van der Waals surface area contributed by atoms with Gasteiger partial charge in [0.25, 0.3) is 0 Å². The third-order valence-corrected chi connectivity index (χ3v) is 1.26. The fourth-order valence-corrected chi connectivity index (χ4v) is 0.689. The van der Waals surface area contributed by atoms with E-state index in [0.717, 1.165) is 12.8 Å². The average molecular weight is 159 g/mol. The van der Waals surface area contributed by atoms with Crippen molar-refractivity contribution in [2.45, 2.75) is 32.1 Å². The molecule has 62 valence electrons. The summed E-state index contributed by atoms with van der Waals surface area (Å²) < 4.78 is 11.1. The number of carbonyl (C=O) groups is 1. The van der Waals surface area contributed by atoms with E-state index in [9.17, 15) is 9.32 Å². The first-order valence-electron chi connectivity index (χ1n) is 3.49. The first-order chi connectivity index (χ1) is 5.31. The molecule has 0 aromatic rings. The van der Waals surface area contributed by atoms with Gasteiger partial charge in [-0.15, -0.1) is 0 Å². The molecule has 0 spiro atoms. The van der Waals surface area contributed by atoms with Crippen LogP contribution in [0.5, 0.6) is 0 Å². The minimum atomic E-state index is -0.832. The van der Waals surface area contributed by atoms with Crippen LogP contribution in [0.4, 0.5) is 4.53 Å². The summed E-state index contributed by atoms with van der Waals surface area (Å²) >= 11 is 0. The number of carbonyl (C=O) groups excluding carboxylic acids is 1. The van der Waals surface area contributed by atoms with Crippen molar-refractivity contribution in [3.8, 4) is 6.07 Å². The molecule has 11 heavy (non-hydrogen) atoms. The molecule has 0 amide bonds. The van der Waals surface area contributed by atoms with E-state index in [0.29, 0.717) is 12.8 Å². The molecular weight excluding hydrogens is 149 g/mol. The zero-order valence-corrected chi connectivity index (χ0v) is 6.18. The minimum absolute atomic E-state index is 0.0991. The Kier molecular flexibility index (Phi) is 6.30. The fourth-order valence-electron chi connectivity index (χ4n) is 0.689. The van der Waals surface area contributed by atoms with Crippen LogP contribution in [0, 0.1) is 11.3 Å². The second-order valence-corrected chi connectivity index (χ2v) is 2.17. The highest BCUT2D eigenvalue weighted by Crippen LogP contribution is 2.03. The normalized spacial score (nSPS) is 8.73. The van der Waals surface area contributed by atoms with Crippen LogP contribution >= 0.6 is 0 Å². The molecule has 3 nitrogen and oxygen atoms in total. The van der Waals surface area contributed by atoms with Gasteiger partial charge in [-0.25, -0.2) is 4.79 Å². The van der Waals surface area contributed by atoms with Crippen LogP contribution < -0.4 is 0 Å². The van der Waals surface area contributed by atoms with Crippen molar-refractivity contribution in [3.63, 3.8) is 0 Å². The lowest BCUT2D eigenvalue weighted by molar-refractivity contribution is -0.183. The lowest BCUT2D eigenvalue weighted by atomic mass is 10.1. The van der Waals surface area contributed by atoms with Gasteiger partial charge in [-0.2, -0.15) is 5.26 Å². The van der Waals surface area contributed by atoms with Crippen LogP contribution in [0.1, 0.15) is 32.1 Å². The van der Waals surface area contributed by atoms with Gasteiger partial charge in [0, 0.05) is 17.4 Å². The second-order valence-electron chi connectivity index (χ2n) is 2.17. The minimum Gasteiger partial charge on any atom is -0.255 e. The van der Waals surface area contributed by atoms with Gasteiger partial charge in [-0.05, 0) is 12.8 Å². The standard InChI is InChI=1S/C7H10FNO2/c8-11-7(10)5-3-1-2-4-6-9/h1-5H2. The van der Waals surface area contributed by atoms with Crippen molar-refractivity contribution < 1.29 is 14.3 Å². The highest BCUT2D eigenvalue weighted by molar-refractivity contribution is 5.68. The third-order valence-electron chi connectivity index (χ3n) is 1.26. The van der Waals surface area contributed by atoms with Crippen molar-refractivity contribution >= 4 is 5.97 Å². The molecule has 0 atom stereocenters. The summed E-state index contributed by atoms with van der Waals surface area (Å²) in [6.07, 6.45) is 2.70. The van der Waals surface area contributed by atoms with E-state index in [4.69, 9.17) is 5.26 Å². The van der Waals surface area contributed by atoms with Gasteiger partial charge in [0.1, 0.15) is 0 Å². The summed E-state index contributed by atoms with van der Waals surface area (Å²) in [4.78, 5) is 13.1. The van der Waals surface area contributed by atoms with Gasteiger partial charge in [0.05, 0.1) is 6.07 Å². The molecule has 0 aromatic carbocycles. The summed E-state index contributed by atoms with van der Waals surface area (Å²) in [5, 5.41) is 8.12. The molecule has 0 fully saturated rings. The van der Waals surface area contributed by atoms with Gasteiger partial charge < -0.3 is 0 Å². The first-order valence-corrected chi connectivity index (χ1v) is 3.49. The molecule has 4 heteroatoms. The molecule has 0 aliphatic carbocycles. The predicted molar refractivity (Wildman–Crippen MR) is 35.9 cm³/mol. The molecule has 0 aromatic heterocycles. The van der Waals surface area contributed by atoms with Crippen molar-refractivity contribution in [1.29, 1.82) is 5.26 Å². The molecular formula is C7H10FNO2. The summed E-state index contributed by atoms with van der Waals surface area (Å²) in [7, 11) is 0. The van der Waals surface area contributed by atoms with E-state index in [-0.39, 0.29) is 6.42 Å². The van der Waals surface area contributed by atoms with Gasteiger partial charge >= 0.3 is 5.97 Å². The fraction of sp³-hybridized carbons (Fsp3) is 0.714. The molecule has 0 N–H and O–H groups in total. The number of halogens is 1. The Morgan fingerprint density at radius 3 is 2.73 bits per heavy atom. The van der Waals surface area contributed by atoms with Gasteiger partial charge in [-0.3, -0.25) is 4.94 Å². The summed E-state index contributed by atoms with van der Waals surface area (Å²) in [6.45, 7) is 0. The lowest BCUT2D eigenvalue weighted by Gasteiger charge is -1.93. The number of hydrogen-bond donors (Lipinski definition) is 0. The Labute approximate surface area is 64.7 Å². The van der Waals surface area contributed by atoms with Crippen LogP contribution in [0.15, 0.2) is 0 Å². The van der Waals surface area contributed by atoms with E-state index < -0.39 is 5.97 Å². The zero-order chi connectivity index (χ0) is 8.53. The predicted octanol–water partition coefficient (Wildman–Crippen LogP) is 1.89. The Morgan fingerprint density at radius 2 is 2.18 bits per heavy atom. The van der Waals surface area contributed by atoms with Crippen LogP contribution in [-0.4, -0.2) is 5.97 Å². The summed E-state index contributed by atoms with van der Waals surface area (Å²) in [5.74, 6) is -0.832. The quantitative estimate of drug-likeness (QED) is 0.575. The largest absolute Gasteiger partial charge is 0.348 e. The van der Waals surface area contributed by atoms with Crippen LogP contribution in [0.3, 0.4) is 0 Å². The third kappa shape index (κ3) is 6.78. The van der Waals surface area contributed by atoms with Gasteiger partial charge in [0.15, 0.2) is 0 Å². The number of nitrogens with zero attached hydrogens (tertiary/aromatic N) is 1. The maximum atomic E-state index is 11.1. The van der Waals surface area contributed by atoms with Crippen LogP contribution in [-0.2, 0) is 9.74 Å². The van der Waals surface area contributed by atoms with Crippen LogP contribution in [0.25, 0.3) is 0 Å². The van der Waals surface area contributed by atoms with Crippen molar-refractivity contribution in [1.82, 2.24) is 0 Å². The Bertz CT molecular complexity index is 153. The lowest BCUT2D eigenvalue weighted by Crippen LogP contribution is -1.96. The van der Waals surface area contributed by atoms with Gasteiger partial charge in [0.2, 0.25) is 0 Å². The molecule has 0 radical (unpaired) electrons. The SMILES string of the molecule is N#CCCCCCC(=O)OF. The van der Waals surface area contributed by atoms with Crippen molar-refractivity contribution in [3.05, 3.63) is 0 Å². The zero-order valence-electron chi connectivity index (χ0n) is 6.18. The Morgan fingerprint density at radius 1 is 1.45 bits per heavy atom. The van der Waals surface area contributed by atoms with Crippen molar-refractivity contribution in [2.24, 2.45) is 0 Å². The van der Waals surface area contributed by atoms with Crippen molar-refractivity contribution in [2.75, 3.05) is 0 Å². The molecule has 0 saturated carbocycles. The average Bonchev–Trinajstić information content (AvgIpc) is 2.04. The molecule has 0 aliphatic heterocycles. The van der Waals surface area contributed by atoms with E-state index in [1.54, 1.807) is 0 Å². The number of hydrogen-bond acceptors (Lipinski definition) is 3. The number of unbranched alkanes of at least 4 members (excludes halogenated alkanes) is 3. The Hall–Kier alpha value is -1.11. The van der Waals surface area contributed by atoms with Gasteiger partial charge in [-0.1, -0.05) is 6.42 Å². The first kappa shape index (κ1) is 9.89. The van der Waals surface area contributed by atoms with Crippen LogP contribution in [0.2, 0.25) is 0 Å². The summed E-state index contributed by atoms with van der Waals surface area (Å²) in [5.41, 5.74) is 0. The molecule has 0 aliphatic rings. The van der Waals surface area contributed by atoms with E-state index in [2.05, 4.69) is 4.94 Å². The van der Waals surface area contributed by atoms with E-state index >= 15 is 0 Å². The molecule has 0 heterocycles. The highest BCUT2D eigenvalue weighted by Gasteiger charge is 2.01. The molecule has 0 saturated heterocycles. The number of rotatable bonds is 5. The Balaban J connectivity index is 3.03. The highest BCUT2D eigenvalue weighted by atomic mass is 19.3. The molecule has 0 rings (SSSR count). The smallest absolute Gasteiger partial charge is 0.255 e.